The molecule has 0 aliphatic heterocycles. The van der Waals surface area contributed by atoms with Gasteiger partial charge in [0.25, 0.3) is 0 Å². The van der Waals surface area contributed by atoms with Gasteiger partial charge in [-0.15, -0.1) is 0 Å². The van der Waals surface area contributed by atoms with Gasteiger partial charge in [0.1, 0.15) is 6.10 Å². The zero-order valence-electron chi connectivity index (χ0n) is 33.8. The van der Waals surface area contributed by atoms with E-state index in [1.54, 1.807) is 0 Å². The Balaban J connectivity index is 4.07. The maximum absolute atomic E-state index is 12.6. The SMILES string of the molecule is CCCCCC/C=C\C/C=C\CCCCCCCC(=O)OC(COCCCCCCCC/C=C\CCCCCCCCC)COP(=O)(O)OCCN. The summed E-state index contributed by atoms with van der Waals surface area (Å²) in [5.74, 6) is -0.346. The molecule has 0 aliphatic carbocycles. The molecule has 3 N–H and O–H groups in total. The highest BCUT2D eigenvalue weighted by Crippen LogP contribution is 2.43. The topological polar surface area (TPSA) is 117 Å². The Morgan fingerprint density at radius 2 is 1.02 bits per heavy atom. The number of unbranched alkanes of at least 4 members (excludes halogenated alkanes) is 22. The molecule has 2 atom stereocenters. The van der Waals surface area contributed by atoms with E-state index in [4.69, 9.17) is 24.3 Å². The van der Waals surface area contributed by atoms with Gasteiger partial charge < -0.3 is 20.1 Å². The van der Waals surface area contributed by atoms with Gasteiger partial charge in [-0.3, -0.25) is 13.8 Å². The third kappa shape index (κ3) is 39.9. The normalized spacial score (nSPS) is 13.8. The Hall–Kier alpha value is -1.28. The van der Waals surface area contributed by atoms with Gasteiger partial charge in [-0.2, -0.15) is 0 Å². The monoisotopic (exact) mass is 756 g/mol. The summed E-state index contributed by atoms with van der Waals surface area (Å²) >= 11 is 0. The fourth-order valence-electron chi connectivity index (χ4n) is 5.84. The van der Waals surface area contributed by atoms with Crippen LogP contribution in [0.1, 0.15) is 194 Å². The van der Waals surface area contributed by atoms with Crippen LogP contribution >= 0.6 is 7.82 Å². The van der Waals surface area contributed by atoms with E-state index in [0.29, 0.717) is 13.0 Å². The fourth-order valence-corrected chi connectivity index (χ4v) is 6.61. The van der Waals surface area contributed by atoms with Crippen molar-refractivity contribution < 1.29 is 32.8 Å². The molecule has 0 saturated heterocycles. The Labute approximate surface area is 320 Å². The zero-order chi connectivity index (χ0) is 38.1. The van der Waals surface area contributed by atoms with Crippen molar-refractivity contribution in [1.29, 1.82) is 0 Å². The summed E-state index contributed by atoms with van der Waals surface area (Å²) in [6.45, 7) is 4.88. The van der Waals surface area contributed by atoms with Gasteiger partial charge in [0.2, 0.25) is 0 Å². The number of rotatable bonds is 41. The van der Waals surface area contributed by atoms with Gasteiger partial charge in [-0.05, 0) is 70.6 Å². The maximum atomic E-state index is 12.6. The van der Waals surface area contributed by atoms with Crippen LogP contribution in [0, 0.1) is 0 Å². The minimum Gasteiger partial charge on any atom is -0.457 e. The zero-order valence-corrected chi connectivity index (χ0v) is 34.7. The quantitative estimate of drug-likeness (QED) is 0.0274. The van der Waals surface area contributed by atoms with E-state index in [1.165, 1.54) is 116 Å². The lowest BCUT2D eigenvalue weighted by Crippen LogP contribution is -2.28. The first-order valence-corrected chi connectivity index (χ1v) is 23.0. The third-order valence-corrected chi connectivity index (χ3v) is 10.0. The van der Waals surface area contributed by atoms with Crippen molar-refractivity contribution in [3.63, 3.8) is 0 Å². The number of hydrogen-bond donors (Lipinski definition) is 2. The van der Waals surface area contributed by atoms with E-state index in [9.17, 15) is 14.3 Å². The average molecular weight is 756 g/mol. The van der Waals surface area contributed by atoms with Crippen LogP contribution in [-0.4, -0.2) is 49.9 Å². The van der Waals surface area contributed by atoms with E-state index >= 15 is 0 Å². The molecule has 0 fully saturated rings. The number of hydrogen-bond acceptors (Lipinski definition) is 7. The van der Waals surface area contributed by atoms with Crippen molar-refractivity contribution in [2.45, 2.75) is 200 Å². The summed E-state index contributed by atoms with van der Waals surface area (Å²) in [5, 5.41) is 0. The third-order valence-electron chi connectivity index (χ3n) is 9.03. The van der Waals surface area contributed by atoms with Crippen molar-refractivity contribution in [2.24, 2.45) is 5.73 Å². The molecular formula is C43H82NO7P. The predicted octanol–water partition coefficient (Wildman–Crippen LogP) is 12.6. The molecule has 0 spiro atoms. The van der Waals surface area contributed by atoms with Crippen LogP contribution in [0.2, 0.25) is 0 Å². The van der Waals surface area contributed by atoms with Crippen LogP contribution in [0.5, 0.6) is 0 Å². The Morgan fingerprint density at radius 3 is 1.54 bits per heavy atom. The van der Waals surface area contributed by atoms with Crippen LogP contribution < -0.4 is 5.73 Å². The predicted molar refractivity (Wildman–Crippen MR) is 220 cm³/mol. The average Bonchev–Trinajstić information content (AvgIpc) is 3.13. The molecule has 8 nitrogen and oxygen atoms in total. The number of carbonyl (C=O) groups is 1. The molecule has 306 valence electrons. The van der Waals surface area contributed by atoms with Gasteiger partial charge in [0.15, 0.2) is 0 Å². The molecule has 0 aromatic heterocycles. The number of ether oxygens (including phenoxy) is 2. The Morgan fingerprint density at radius 1 is 0.577 bits per heavy atom. The molecule has 0 amide bonds. The van der Waals surface area contributed by atoms with Crippen molar-refractivity contribution >= 4 is 13.8 Å². The smallest absolute Gasteiger partial charge is 0.457 e. The number of allylic oxidation sites excluding steroid dienone is 6. The summed E-state index contributed by atoms with van der Waals surface area (Å²) in [6.07, 6.45) is 45.8. The van der Waals surface area contributed by atoms with E-state index in [-0.39, 0.29) is 32.3 Å². The molecule has 0 rings (SSSR count). The summed E-state index contributed by atoms with van der Waals surface area (Å²) in [6, 6.07) is 0. The molecule has 2 unspecified atom stereocenters. The number of nitrogens with two attached hydrogens (primary N) is 1. The first kappa shape index (κ1) is 50.7. The van der Waals surface area contributed by atoms with Gasteiger partial charge in [0, 0.05) is 19.6 Å². The largest absolute Gasteiger partial charge is 0.472 e. The van der Waals surface area contributed by atoms with E-state index in [0.717, 1.165) is 57.8 Å². The lowest BCUT2D eigenvalue weighted by molar-refractivity contribution is -0.154. The Kier molecular flexibility index (Phi) is 39.9. The second kappa shape index (κ2) is 40.9. The molecule has 0 radical (unpaired) electrons. The summed E-state index contributed by atoms with van der Waals surface area (Å²) in [4.78, 5) is 22.5. The Bertz CT molecular complexity index is 895. The van der Waals surface area contributed by atoms with Gasteiger partial charge >= 0.3 is 13.8 Å². The first-order valence-electron chi connectivity index (χ1n) is 21.5. The first-order chi connectivity index (χ1) is 25.4. The minimum atomic E-state index is -4.28. The van der Waals surface area contributed by atoms with Gasteiger partial charge in [0.05, 0.1) is 19.8 Å². The lowest BCUT2D eigenvalue weighted by Gasteiger charge is -2.20. The summed E-state index contributed by atoms with van der Waals surface area (Å²) < 4.78 is 33.4. The highest BCUT2D eigenvalue weighted by atomic mass is 31.2. The second-order valence-electron chi connectivity index (χ2n) is 14.2. The van der Waals surface area contributed by atoms with Crippen molar-refractivity contribution in [1.82, 2.24) is 0 Å². The highest BCUT2D eigenvalue weighted by Gasteiger charge is 2.25. The van der Waals surface area contributed by atoms with Crippen LogP contribution in [0.15, 0.2) is 36.5 Å². The van der Waals surface area contributed by atoms with E-state index < -0.39 is 13.9 Å². The van der Waals surface area contributed by atoms with Crippen LogP contribution in [0.4, 0.5) is 0 Å². The molecule has 0 saturated carbocycles. The highest BCUT2D eigenvalue weighted by molar-refractivity contribution is 7.47. The van der Waals surface area contributed by atoms with Crippen LogP contribution in [-0.2, 0) is 27.9 Å². The summed E-state index contributed by atoms with van der Waals surface area (Å²) in [7, 11) is -4.28. The van der Waals surface area contributed by atoms with E-state index in [2.05, 4.69) is 50.3 Å². The maximum Gasteiger partial charge on any atom is 0.472 e. The van der Waals surface area contributed by atoms with Crippen molar-refractivity contribution in [3.8, 4) is 0 Å². The minimum absolute atomic E-state index is 0.0967. The van der Waals surface area contributed by atoms with Crippen molar-refractivity contribution in [3.05, 3.63) is 36.5 Å². The fraction of sp³-hybridized carbons (Fsp3) is 0.837. The number of esters is 1. The van der Waals surface area contributed by atoms with Crippen LogP contribution in [0.3, 0.4) is 0 Å². The van der Waals surface area contributed by atoms with Gasteiger partial charge in [-0.1, -0.05) is 153 Å². The lowest BCUT2D eigenvalue weighted by atomic mass is 10.1. The number of phosphoric acid groups is 1. The molecular weight excluding hydrogens is 673 g/mol. The molecule has 52 heavy (non-hydrogen) atoms. The molecule has 0 bridgehead atoms. The molecule has 0 aromatic carbocycles. The number of carbonyl (C=O) groups excluding carboxylic acids is 1. The standard InChI is InChI=1S/C43H82NO7P/c1-3-5-7-9-11-13-15-17-19-21-23-25-27-29-31-33-35-38-48-40-42(41-50-52(46,47)49-39-37-44)51-43(45)36-34-32-30-28-26-24-22-20-18-16-14-12-10-8-6-4-2/h14,16,19-22,42H,3-13,15,17-18,23-41,44H2,1-2H3,(H,46,47)/b16-14-,21-19-,22-20-. The molecule has 0 aromatic rings. The van der Waals surface area contributed by atoms with E-state index in [1.807, 2.05) is 0 Å². The second-order valence-corrected chi connectivity index (χ2v) is 15.7. The van der Waals surface area contributed by atoms with Crippen LogP contribution in [0.25, 0.3) is 0 Å². The summed E-state index contributed by atoms with van der Waals surface area (Å²) in [5.41, 5.74) is 5.36. The number of phosphoric ester groups is 1. The molecule has 9 heteroatoms. The van der Waals surface area contributed by atoms with Gasteiger partial charge in [-0.25, -0.2) is 4.57 Å². The molecule has 0 aliphatic rings. The molecule has 0 heterocycles. The van der Waals surface area contributed by atoms with Crippen molar-refractivity contribution in [2.75, 3.05) is 33.0 Å².